The SMILES string of the molecule is Cc1cn(-c2ccc3ncnn3c2)c(=NC(=O)N2CC[C@@H](F)C2)s1. The number of rotatable bonds is 1. The molecule has 0 radical (unpaired) electrons. The lowest BCUT2D eigenvalue weighted by molar-refractivity contribution is 0.213. The van der Waals surface area contributed by atoms with Crippen LogP contribution in [0.3, 0.4) is 0 Å². The molecule has 0 aromatic carbocycles. The number of hydrogen-bond acceptors (Lipinski definition) is 4. The smallest absolute Gasteiger partial charge is 0.320 e. The number of carbonyl (C=O) groups excluding carboxylic acids is 1. The number of aromatic nitrogens is 4. The molecule has 0 spiro atoms. The van der Waals surface area contributed by atoms with Crippen molar-refractivity contribution in [3.05, 3.63) is 40.5 Å². The van der Waals surface area contributed by atoms with Crippen molar-refractivity contribution in [3.8, 4) is 5.69 Å². The van der Waals surface area contributed by atoms with E-state index in [0.717, 1.165) is 16.2 Å². The van der Waals surface area contributed by atoms with Gasteiger partial charge in [0, 0.05) is 17.6 Å². The van der Waals surface area contributed by atoms with Gasteiger partial charge >= 0.3 is 6.03 Å². The van der Waals surface area contributed by atoms with Gasteiger partial charge in [-0.2, -0.15) is 10.1 Å². The number of pyridine rings is 1. The number of amides is 2. The summed E-state index contributed by atoms with van der Waals surface area (Å²) >= 11 is 1.41. The molecule has 4 heterocycles. The molecule has 9 heteroatoms. The second-order valence-corrected chi connectivity index (χ2v) is 6.88. The van der Waals surface area contributed by atoms with Gasteiger partial charge in [0.25, 0.3) is 0 Å². The molecule has 3 aromatic heterocycles. The quantitative estimate of drug-likeness (QED) is 0.676. The lowest BCUT2D eigenvalue weighted by Gasteiger charge is -2.10. The Balaban J connectivity index is 1.74. The Hall–Kier alpha value is -2.55. The maximum absolute atomic E-state index is 13.3. The Morgan fingerprint density at radius 2 is 2.29 bits per heavy atom. The van der Waals surface area contributed by atoms with Gasteiger partial charge in [-0.05, 0) is 25.5 Å². The molecule has 1 saturated heterocycles. The van der Waals surface area contributed by atoms with E-state index in [1.165, 1.54) is 22.6 Å². The number of thiazole rings is 1. The second-order valence-electron chi connectivity index (χ2n) is 5.67. The highest BCUT2D eigenvalue weighted by molar-refractivity contribution is 7.09. The van der Waals surface area contributed by atoms with E-state index in [2.05, 4.69) is 15.1 Å². The van der Waals surface area contributed by atoms with Crippen molar-refractivity contribution in [1.29, 1.82) is 0 Å². The summed E-state index contributed by atoms with van der Waals surface area (Å²) in [6.07, 6.45) is 4.66. The van der Waals surface area contributed by atoms with Crippen molar-refractivity contribution in [1.82, 2.24) is 24.1 Å². The first-order chi connectivity index (χ1) is 11.6. The van der Waals surface area contributed by atoms with Crippen LogP contribution < -0.4 is 4.80 Å². The molecule has 2 amide bonds. The Morgan fingerprint density at radius 3 is 3.08 bits per heavy atom. The van der Waals surface area contributed by atoms with Crippen LogP contribution in [0.1, 0.15) is 11.3 Å². The predicted octanol–water partition coefficient (Wildman–Crippen LogP) is 1.95. The molecule has 1 aliphatic heterocycles. The van der Waals surface area contributed by atoms with Crippen molar-refractivity contribution < 1.29 is 9.18 Å². The van der Waals surface area contributed by atoms with Gasteiger partial charge in [-0.3, -0.25) is 4.57 Å². The van der Waals surface area contributed by atoms with Crippen LogP contribution in [0.15, 0.2) is 35.8 Å². The molecule has 24 heavy (non-hydrogen) atoms. The Labute approximate surface area is 140 Å². The van der Waals surface area contributed by atoms with Crippen molar-refractivity contribution in [2.45, 2.75) is 19.5 Å². The van der Waals surface area contributed by atoms with Crippen molar-refractivity contribution in [2.24, 2.45) is 4.99 Å². The van der Waals surface area contributed by atoms with Gasteiger partial charge in [-0.25, -0.2) is 18.7 Å². The molecule has 0 unspecified atom stereocenters. The van der Waals surface area contributed by atoms with Gasteiger partial charge in [-0.1, -0.05) is 0 Å². The average molecular weight is 346 g/mol. The average Bonchev–Trinajstić information content (AvgIpc) is 3.26. The summed E-state index contributed by atoms with van der Waals surface area (Å²) in [7, 11) is 0. The number of alkyl halides is 1. The van der Waals surface area contributed by atoms with Crippen LogP contribution in [-0.2, 0) is 0 Å². The molecule has 0 bridgehead atoms. The van der Waals surface area contributed by atoms with Crippen LogP contribution in [-0.4, -0.2) is 49.4 Å². The Morgan fingerprint density at radius 1 is 1.42 bits per heavy atom. The molecule has 0 saturated carbocycles. The van der Waals surface area contributed by atoms with E-state index in [1.807, 2.05) is 36.0 Å². The van der Waals surface area contributed by atoms with E-state index in [9.17, 15) is 9.18 Å². The van der Waals surface area contributed by atoms with E-state index >= 15 is 0 Å². The first-order valence-electron chi connectivity index (χ1n) is 7.57. The monoisotopic (exact) mass is 346 g/mol. The molecule has 4 rings (SSSR count). The van der Waals surface area contributed by atoms with Gasteiger partial charge in [0.2, 0.25) is 0 Å². The Bertz CT molecular complexity index is 974. The number of aryl methyl sites for hydroxylation is 1. The highest BCUT2D eigenvalue weighted by Gasteiger charge is 2.25. The van der Waals surface area contributed by atoms with E-state index in [0.29, 0.717) is 17.8 Å². The van der Waals surface area contributed by atoms with Crippen LogP contribution in [0.2, 0.25) is 0 Å². The lowest BCUT2D eigenvalue weighted by atomic mass is 10.3. The summed E-state index contributed by atoms with van der Waals surface area (Å²) < 4.78 is 16.8. The molecule has 1 aliphatic rings. The molecule has 7 nitrogen and oxygen atoms in total. The molecule has 124 valence electrons. The standard InChI is InChI=1S/C15H15FN6OS/c1-10-6-21(12-2-3-13-17-9-18-22(13)8-12)15(24-10)19-14(23)20-5-4-11(16)7-20/h2-3,6,8-9,11H,4-5,7H2,1H3/t11-/m1/s1. The fraction of sp³-hybridized carbons (Fsp3) is 0.333. The van der Waals surface area contributed by atoms with Crippen molar-refractivity contribution in [3.63, 3.8) is 0 Å². The number of halogens is 1. The summed E-state index contributed by atoms with van der Waals surface area (Å²) in [5, 5.41) is 4.12. The zero-order valence-electron chi connectivity index (χ0n) is 13.0. The third kappa shape index (κ3) is 2.71. The summed E-state index contributed by atoms with van der Waals surface area (Å²) in [5.74, 6) is 0. The largest absolute Gasteiger partial charge is 0.346 e. The highest BCUT2D eigenvalue weighted by Crippen LogP contribution is 2.14. The summed E-state index contributed by atoms with van der Waals surface area (Å²) in [5.41, 5.74) is 1.57. The fourth-order valence-electron chi connectivity index (χ4n) is 2.71. The Kier molecular flexibility index (Phi) is 3.64. The van der Waals surface area contributed by atoms with E-state index in [4.69, 9.17) is 0 Å². The maximum Gasteiger partial charge on any atom is 0.346 e. The zero-order valence-corrected chi connectivity index (χ0v) is 13.8. The van der Waals surface area contributed by atoms with Crippen LogP contribution in [0.4, 0.5) is 9.18 Å². The number of urea groups is 1. The third-order valence-electron chi connectivity index (χ3n) is 3.90. The first kappa shape index (κ1) is 15.0. The van der Waals surface area contributed by atoms with Gasteiger partial charge in [0.05, 0.1) is 18.4 Å². The molecule has 1 fully saturated rings. The zero-order chi connectivity index (χ0) is 16.7. The van der Waals surface area contributed by atoms with Gasteiger partial charge in [-0.15, -0.1) is 11.3 Å². The third-order valence-corrected chi connectivity index (χ3v) is 4.80. The minimum absolute atomic E-state index is 0.123. The fourth-order valence-corrected chi connectivity index (χ4v) is 3.54. The minimum Gasteiger partial charge on any atom is -0.320 e. The number of nitrogens with zero attached hydrogens (tertiary/aromatic N) is 6. The predicted molar refractivity (Wildman–Crippen MR) is 87.0 cm³/mol. The molecule has 0 aliphatic carbocycles. The van der Waals surface area contributed by atoms with E-state index < -0.39 is 12.2 Å². The number of fused-ring (bicyclic) bond motifs is 1. The number of hydrogen-bond donors (Lipinski definition) is 0. The van der Waals surface area contributed by atoms with E-state index in [-0.39, 0.29) is 6.54 Å². The molecular formula is C15H15FN6OS. The first-order valence-corrected chi connectivity index (χ1v) is 8.38. The van der Waals surface area contributed by atoms with Gasteiger partial charge < -0.3 is 4.90 Å². The highest BCUT2D eigenvalue weighted by atomic mass is 32.1. The van der Waals surface area contributed by atoms with Crippen LogP contribution >= 0.6 is 11.3 Å². The topological polar surface area (TPSA) is 67.8 Å². The summed E-state index contributed by atoms with van der Waals surface area (Å²) in [4.78, 5) is 23.6. The van der Waals surface area contributed by atoms with Crippen molar-refractivity contribution in [2.75, 3.05) is 13.1 Å². The lowest BCUT2D eigenvalue weighted by Crippen LogP contribution is -2.28. The molecule has 0 N–H and O–H groups in total. The number of likely N-dealkylation sites (tertiary alicyclic amines) is 1. The molecular weight excluding hydrogens is 331 g/mol. The molecule has 3 aromatic rings. The molecule has 1 atom stereocenters. The van der Waals surface area contributed by atoms with Crippen LogP contribution in [0.5, 0.6) is 0 Å². The number of carbonyl (C=O) groups is 1. The van der Waals surface area contributed by atoms with E-state index in [1.54, 1.807) is 4.52 Å². The minimum atomic E-state index is -0.948. The second kappa shape index (κ2) is 5.82. The van der Waals surface area contributed by atoms with Crippen LogP contribution in [0, 0.1) is 6.92 Å². The van der Waals surface area contributed by atoms with Crippen LogP contribution in [0.25, 0.3) is 11.3 Å². The summed E-state index contributed by atoms with van der Waals surface area (Å²) in [6.45, 7) is 2.49. The summed E-state index contributed by atoms with van der Waals surface area (Å²) in [6, 6.07) is 3.35. The van der Waals surface area contributed by atoms with Crippen molar-refractivity contribution >= 4 is 23.0 Å². The van der Waals surface area contributed by atoms with Gasteiger partial charge in [0.1, 0.15) is 12.5 Å². The maximum atomic E-state index is 13.3. The van der Waals surface area contributed by atoms with Gasteiger partial charge in [0.15, 0.2) is 10.4 Å². The normalized spacial score (nSPS) is 18.7.